The molecule has 1 aromatic rings. The third kappa shape index (κ3) is 2.80. The summed E-state index contributed by atoms with van der Waals surface area (Å²) >= 11 is 1.43. The number of hydrogen-bond donors (Lipinski definition) is 1. The number of hydrogen-bond acceptors (Lipinski definition) is 2. The van der Waals surface area contributed by atoms with Gasteiger partial charge in [0.15, 0.2) is 0 Å². The van der Waals surface area contributed by atoms with Crippen molar-refractivity contribution in [1.82, 2.24) is 5.32 Å². The summed E-state index contributed by atoms with van der Waals surface area (Å²) in [6.45, 7) is 2.45. The molecule has 0 aliphatic heterocycles. The van der Waals surface area contributed by atoms with E-state index in [4.69, 9.17) is 0 Å². The van der Waals surface area contributed by atoms with Crippen molar-refractivity contribution < 1.29 is 4.79 Å². The highest BCUT2D eigenvalue weighted by Crippen LogP contribution is 2.61. The molecule has 0 heterocycles. The van der Waals surface area contributed by atoms with E-state index >= 15 is 0 Å². The van der Waals surface area contributed by atoms with Gasteiger partial charge in [0.2, 0.25) is 0 Å². The summed E-state index contributed by atoms with van der Waals surface area (Å²) < 4.78 is 0. The SMILES string of the molecule is CC12C[C@H]3C[C@@H](C1)CC(NC(=O)SCc1ccccc1)(C3)C2. The summed E-state index contributed by atoms with van der Waals surface area (Å²) in [5.41, 5.74) is 1.82. The first kappa shape index (κ1) is 14.6. The van der Waals surface area contributed by atoms with E-state index in [-0.39, 0.29) is 10.8 Å². The number of carbonyl (C=O) groups excluding carboxylic acids is 1. The fourth-order valence-electron chi connectivity index (χ4n) is 5.84. The van der Waals surface area contributed by atoms with Crippen molar-refractivity contribution in [2.24, 2.45) is 17.3 Å². The molecule has 118 valence electrons. The van der Waals surface area contributed by atoms with Crippen LogP contribution >= 0.6 is 11.8 Å². The van der Waals surface area contributed by atoms with Gasteiger partial charge in [0, 0.05) is 11.3 Å². The lowest BCUT2D eigenvalue weighted by Crippen LogP contribution is -2.62. The molecule has 1 aromatic carbocycles. The molecule has 2 nitrogen and oxygen atoms in total. The van der Waals surface area contributed by atoms with Gasteiger partial charge in [0.05, 0.1) is 0 Å². The quantitative estimate of drug-likeness (QED) is 0.851. The van der Waals surface area contributed by atoms with Gasteiger partial charge >= 0.3 is 0 Å². The fraction of sp³-hybridized carbons (Fsp3) is 0.632. The number of amides is 1. The van der Waals surface area contributed by atoms with Crippen LogP contribution < -0.4 is 5.32 Å². The van der Waals surface area contributed by atoms with Crippen LogP contribution in [0.1, 0.15) is 51.0 Å². The third-order valence-corrected chi connectivity index (χ3v) is 6.78. The summed E-state index contributed by atoms with van der Waals surface area (Å²) in [7, 11) is 0. The van der Waals surface area contributed by atoms with Gasteiger partial charge in [-0.1, -0.05) is 49.0 Å². The minimum atomic E-state index is 0.111. The monoisotopic (exact) mass is 315 g/mol. The van der Waals surface area contributed by atoms with Gasteiger partial charge in [-0.2, -0.15) is 0 Å². The average molecular weight is 315 g/mol. The van der Waals surface area contributed by atoms with Crippen LogP contribution in [-0.2, 0) is 5.75 Å². The topological polar surface area (TPSA) is 29.1 Å². The molecule has 1 amide bonds. The standard InChI is InChI=1S/C19H25NOS/c1-18-8-15-7-16(9-18)11-19(10-15,13-18)20-17(21)22-12-14-5-3-2-4-6-14/h2-6,15-16H,7-13H2,1H3,(H,20,21)/t15-,16+,18?,19?. The Morgan fingerprint density at radius 2 is 1.86 bits per heavy atom. The molecule has 5 rings (SSSR count). The third-order valence-electron chi connectivity index (χ3n) is 5.93. The number of thioether (sulfide) groups is 1. The van der Waals surface area contributed by atoms with Crippen molar-refractivity contribution in [1.29, 1.82) is 0 Å². The second-order valence-electron chi connectivity index (χ2n) is 8.24. The maximum Gasteiger partial charge on any atom is 0.279 e. The largest absolute Gasteiger partial charge is 0.341 e. The van der Waals surface area contributed by atoms with E-state index in [1.807, 2.05) is 18.2 Å². The van der Waals surface area contributed by atoms with Gasteiger partial charge in [0.25, 0.3) is 5.24 Å². The zero-order valence-electron chi connectivity index (χ0n) is 13.3. The molecular formula is C19H25NOS. The Labute approximate surface area is 137 Å². The van der Waals surface area contributed by atoms with Crippen LogP contribution in [-0.4, -0.2) is 10.8 Å². The molecule has 2 unspecified atom stereocenters. The van der Waals surface area contributed by atoms with E-state index in [2.05, 4.69) is 24.4 Å². The van der Waals surface area contributed by atoms with E-state index in [0.717, 1.165) is 17.6 Å². The lowest BCUT2D eigenvalue weighted by Gasteiger charge is -2.61. The highest BCUT2D eigenvalue weighted by atomic mass is 32.2. The molecule has 4 atom stereocenters. The van der Waals surface area contributed by atoms with E-state index in [1.54, 1.807) is 0 Å². The molecule has 4 aliphatic carbocycles. The maximum absolute atomic E-state index is 12.5. The first-order chi connectivity index (χ1) is 10.5. The molecule has 4 fully saturated rings. The molecule has 0 radical (unpaired) electrons. The zero-order valence-corrected chi connectivity index (χ0v) is 14.1. The van der Waals surface area contributed by atoms with Gasteiger partial charge in [-0.3, -0.25) is 4.79 Å². The van der Waals surface area contributed by atoms with E-state index in [0.29, 0.717) is 5.41 Å². The summed E-state index contributed by atoms with van der Waals surface area (Å²) in [6, 6.07) is 10.3. The number of rotatable bonds is 3. The van der Waals surface area contributed by atoms with Crippen LogP contribution in [0.25, 0.3) is 0 Å². The van der Waals surface area contributed by atoms with Crippen molar-refractivity contribution in [3.05, 3.63) is 35.9 Å². The first-order valence-corrected chi connectivity index (χ1v) is 9.52. The molecule has 0 spiro atoms. The Morgan fingerprint density at radius 3 is 2.50 bits per heavy atom. The molecule has 1 N–H and O–H groups in total. The average Bonchev–Trinajstić information content (AvgIpc) is 2.43. The highest BCUT2D eigenvalue weighted by molar-refractivity contribution is 8.12. The Morgan fingerprint density at radius 1 is 1.18 bits per heavy atom. The molecule has 4 bridgehead atoms. The van der Waals surface area contributed by atoms with Crippen LogP contribution in [0.3, 0.4) is 0 Å². The van der Waals surface area contributed by atoms with Gasteiger partial charge in [-0.25, -0.2) is 0 Å². The zero-order chi connectivity index (χ0) is 15.2. The Hall–Kier alpha value is -0.960. The summed E-state index contributed by atoms with van der Waals surface area (Å²) in [6.07, 6.45) is 7.82. The first-order valence-electron chi connectivity index (χ1n) is 8.53. The number of benzene rings is 1. The molecule has 3 heteroatoms. The van der Waals surface area contributed by atoms with Gasteiger partial charge in [0.1, 0.15) is 0 Å². The van der Waals surface area contributed by atoms with Crippen LogP contribution in [0.5, 0.6) is 0 Å². The Bertz CT molecular complexity index is 556. The predicted octanol–water partition coefficient (Wildman–Crippen LogP) is 4.99. The van der Waals surface area contributed by atoms with Crippen molar-refractivity contribution >= 4 is 17.0 Å². The molecule has 4 aliphatic rings. The minimum Gasteiger partial charge on any atom is -0.341 e. The molecular weight excluding hydrogens is 290 g/mol. The normalized spacial score (nSPS) is 39.0. The Kier molecular flexibility index (Phi) is 3.52. The van der Waals surface area contributed by atoms with Crippen molar-refractivity contribution in [3.8, 4) is 0 Å². The summed E-state index contributed by atoms with van der Waals surface area (Å²) in [5, 5.41) is 3.62. The summed E-state index contributed by atoms with van der Waals surface area (Å²) in [4.78, 5) is 12.5. The van der Waals surface area contributed by atoms with Crippen molar-refractivity contribution in [2.75, 3.05) is 0 Å². The predicted molar refractivity (Wildman–Crippen MR) is 91.8 cm³/mol. The van der Waals surface area contributed by atoms with Gasteiger partial charge in [-0.15, -0.1) is 0 Å². The fourth-order valence-corrected chi connectivity index (χ4v) is 6.62. The van der Waals surface area contributed by atoms with Gasteiger partial charge in [-0.05, 0) is 61.3 Å². The van der Waals surface area contributed by atoms with Crippen molar-refractivity contribution in [2.45, 2.75) is 56.7 Å². The van der Waals surface area contributed by atoms with Crippen molar-refractivity contribution in [3.63, 3.8) is 0 Å². The Balaban J connectivity index is 1.39. The number of carbonyl (C=O) groups is 1. The highest BCUT2D eigenvalue weighted by Gasteiger charge is 2.56. The van der Waals surface area contributed by atoms with Crippen LogP contribution in [0.2, 0.25) is 0 Å². The van der Waals surface area contributed by atoms with E-state index < -0.39 is 0 Å². The maximum atomic E-state index is 12.5. The van der Waals surface area contributed by atoms with Gasteiger partial charge < -0.3 is 5.32 Å². The van der Waals surface area contributed by atoms with E-state index in [1.165, 1.54) is 55.9 Å². The minimum absolute atomic E-state index is 0.111. The van der Waals surface area contributed by atoms with E-state index in [9.17, 15) is 4.79 Å². The second-order valence-corrected chi connectivity index (χ2v) is 9.19. The smallest absolute Gasteiger partial charge is 0.279 e. The second kappa shape index (κ2) is 5.30. The lowest BCUT2D eigenvalue weighted by atomic mass is 9.47. The number of nitrogens with one attached hydrogen (secondary N) is 1. The molecule has 0 saturated heterocycles. The summed E-state index contributed by atoms with van der Waals surface area (Å²) in [5.74, 6) is 2.48. The van der Waals surface area contributed by atoms with Crippen LogP contribution in [0.15, 0.2) is 30.3 Å². The van der Waals surface area contributed by atoms with Crippen LogP contribution in [0.4, 0.5) is 4.79 Å². The molecule has 22 heavy (non-hydrogen) atoms. The lowest BCUT2D eigenvalue weighted by molar-refractivity contribution is -0.0657. The molecule has 0 aromatic heterocycles. The molecule has 4 saturated carbocycles. The van der Waals surface area contributed by atoms with Crippen LogP contribution in [0, 0.1) is 17.3 Å².